The van der Waals surface area contributed by atoms with Gasteiger partial charge >= 0.3 is 5.97 Å². The van der Waals surface area contributed by atoms with Gasteiger partial charge in [0.2, 0.25) is 6.79 Å². The second kappa shape index (κ2) is 8.73. The van der Waals surface area contributed by atoms with Crippen LogP contribution in [0.25, 0.3) is 0 Å². The van der Waals surface area contributed by atoms with Crippen LogP contribution in [0.5, 0.6) is 23.0 Å². The summed E-state index contributed by atoms with van der Waals surface area (Å²) in [6, 6.07) is 9.52. The van der Waals surface area contributed by atoms with Crippen molar-refractivity contribution in [3.05, 3.63) is 45.9 Å². The Kier molecular flexibility index (Phi) is 6.06. The lowest BCUT2D eigenvalue weighted by atomic mass is 9.91. The fourth-order valence-electron chi connectivity index (χ4n) is 4.19. The highest BCUT2D eigenvalue weighted by molar-refractivity contribution is 9.10. The summed E-state index contributed by atoms with van der Waals surface area (Å²) in [4.78, 5) is 13.9. The van der Waals surface area contributed by atoms with E-state index >= 15 is 0 Å². The molecule has 2 atom stereocenters. The van der Waals surface area contributed by atoms with Crippen molar-refractivity contribution in [3.63, 3.8) is 0 Å². The number of carboxylic acid groups (broad SMARTS) is 1. The quantitative estimate of drug-likeness (QED) is 0.671. The molecule has 2 aromatic rings. The maximum Gasteiger partial charge on any atom is 0.307 e. The lowest BCUT2D eigenvalue weighted by Crippen LogP contribution is -2.41. The predicted octanol–water partition coefficient (Wildman–Crippen LogP) is 4.08. The van der Waals surface area contributed by atoms with E-state index in [0.717, 1.165) is 28.6 Å². The van der Waals surface area contributed by atoms with Crippen LogP contribution in [0.3, 0.4) is 0 Å². The van der Waals surface area contributed by atoms with Gasteiger partial charge in [0.25, 0.3) is 0 Å². The van der Waals surface area contributed by atoms with Crippen LogP contribution >= 0.6 is 15.9 Å². The number of likely N-dealkylation sites (tertiary alicyclic amines) is 1. The molecular weight excluding hydrogens is 454 g/mol. The summed E-state index contributed by atoms with van der Waals surface area (Å²) in [6.45, 7) is 1.47. The first-order chi connectivity index (χ1) is 14.5. The number of halogens is 1. The fourth-order valence-corrected chi connectivity index (χ4v) is 4.73. The lowest BCUT2D eigenvalue weighted by molar-refractivity contribution is -0.143. The molecule has 0 amide bonds. The van der Waals surface area contributed by atoms with Gasteiger partial charge in [-0.3, -0.25) is 9.69 Å². The lowest BCUT2D eigenvalue weighted by Gasteiger charge is -2.38. The van der Waals surface area contributed by atoms with Gasteiger partial charge in [-0.1, -0.05) is 22.0 Å². The van der Waals surface area contributed by atoms with Gasteiger partial charge in [-0.25, -0.2) is 0 Å². The molecule has 4 rings (SSSR count). The largest absolute Gasteiger partial charge is 0.493 e. The van der Waals surface area contributed by atoms with Crippen molar-refractivity contribution in [1.82, 2.24) is 4.90 Å². The zero-order valence-corrected chi connectivity index (χ0v) is 18.5. The van der Waals surface area contributed by atoms with Crippen molar-refractivity contribution in [2.24, 2.45) is 5.92 Å². The second-order valence-corrected chi connectivity index (χ2v) is 8.27. The average molecular weight is 478 g/mol. The van der Waals surface area contributed by atoms with E-state index in [1.165, 1.54) is 0 Å². The minimum absolute atomic E-state index is 0.184. The molecule has 2 aliphatic heterocycles. The molecule has 1 N–H and O–H groups in total. The number of ether oxygens (including phenoxy) is 4. The van der Waals surface area contributed by atoms with E-state index in [-0.39, 0.29) is 12.8 Å². The standard InChI is InChI=1S/C22H24BrNO6/c1-27-18-9-15(16(23)10-19(18)28-2)21(24-7-3-4-14(11-24)22(25)26)13-5-6-17-20(8-13)30-12-29-17/h5-6,8-10,14,21H,3-4,7,11-12H2,1-2H3,(H,25,26). The van der Waals surface area contributed by atoms with Crippen molar-refractivity contribution < 1.29 is 28.8 Å². The highest BCUT2D eigenvalue weighted by atomic mass is 79.9. The monoisotopic (exact) mass is 477 g/mol. The van der Waals surface area contributed by atoms with Crippen LogP contribution in [-0.4, -0.2) is 50.1 Å². The summed E-state index contributed by atoms with van der Waals surface area (Å²) >= 11 is 3.69. The fraction of sp³-hybridized carbons (Fsp3) is 0.409. The van der Waals surface area contributed by atoms with Crippen LogP contribution in [0, 0.1) is 5.92 Å². The molecule has 0 aromatic heterocycles. The van der Waals surface area contributed by atoms with Gasteiger partial charge in [-0.2, -0.15) is 0 Å². The average Bonchev–Trinajstić information content (AvgIpc) is 3.23. The molecule has 2 unspecified atom stereocenters. The zero-order valence-electron chi connectivity index (χ0n) is 16.9. The summed E-state index contributed by atoms with van der Waals surface area (Å²) < 4.78 is 22.9. The summed E-state index contributed by atoms with van der Waals surface area (Å²) in [5.41, 5.74) is 1.97. The van der Waals surface area contributed by atoms with E-state index in [1.807, 2.05) is 30.3 Å². The maximum atomic E-state index is 11.7. The van der Waals surface area contributed by atoms with E-state index in [9.17, 15) is 9.90 Å². The van der Waals surface area contributed by atoms with E-state index in [1.54, 1.807) is 14.2 Å². The summed E-state index contributed by atoms with van der Waals surface area (Å²) in [5, 5.41) is 9.60. The van der Waals surface area contributed by atoms with Crippen molar-refractivity contribution in [3.8, 4) is 23.0 Å². The molecule has 2 heterocycles. The van der Waals surface area contributed by atoms with Gasteiger partial charge in [0.15, 0.2) is 23.0 Å². The predicted molar refractivity (Wildman–Crippen MR) is 114 cm³/mol. The molecule has 160 valence electrons. The third-order valence-electron chi connectivity index (χ3n) is 5.68. The van der Waals surface area contributed by atoms with Gasteiger partial charge in [0, 0.05) is 11.0 Å². The number of fused-ring (bicyclic) bond motifs is 1. The van der Waals surface area contributed by atoms with Crippen LogP contribution in [0.1, 0.15) is 30.0 Å². The first-order valence-electron chi connectivity index (χ1n) is 9.79. The Bertz CT molecular complexity index is 949. The Morgan fingerprint density at radius 2 is 1.90 bits per heavy atom. The Morgan fingerprint density at radius 3 is 2.63 bits per heavy atom. The molecule has 0 aliphatic carbocycles. The van der Waals surface area contributed by atoms with Crippen molar-refractivity contribution in [2.75, 3.05) is 34.1 Å². The van der Waals surface area contributed by atoms with Crippen LogP contribution in [0.15, 0.2) is 34.8 Å². The Labute approximate surface area is 183 Å². The zero-order chi connectivity index (χ0) is 21.3. The minimum atomic E-state index is -0.754. The number of aliphatic carboxylic acids is 1. The summed E-state index contributed by atoms with van der Waals surface area (Å²) in [6.07, 6.45) is 1.51. The normalized spacial score (nSPS) is 19.4. The molecule has 2 aliphatic rings. The third-order valence-corrected chi connectivity index (χ3v) is 6.36. The number of carbonyl (C=O) groups is 1. The number of hydrogen-bond acceptors (Lipinski definition) is 6. The van der Waals surface area contributed by atoms with Gasteiger partial charge in [0.05, 0.1) is 26.2 Å². The van der Waals surface area contributed by atoms with Gasteiger partial charge in [-0.15, -0.1) is 0 Å². The van der Waals surface area contributed by atoms with Crippen molar-refractivity contribution >= 4 is 21.9 Å². The van der Waals surface area contributed by atoms with Crippen LogP contribution in [0.4, 0.5) is 0 Å². The molecule has 7 nitrogen and oxygen atoms in total. The van der Waals surface area contributed by atoms with Crippen LogP contribution in [-0.2, 0) is 4.79 Å². The maximum absolute atomic E-state index is 11.7. The molecule has 0 saturated carbocycles. The second-order valence-electron chi connectivity index (χ2n) is 7.42. The number of piperidine rings is 1. The van der Waals surface area contributed by atoms with Crippen molar-refractivity contribution in [1.29, 1.82) is 0 Å². The summed E-state index contributed by atoms with van der Waals surface area (Å²) in [7, 11) is 3.20. The van der Waals surface area contributed by atoms with Crippen molar-refractivity contribution in [2.45, 2.75) is 18.9 Å². The number of benzene rings is 2. The highest BCUT2D eigenvalue weighted by Gasteiger charge is 2.33. The highest BCUT2D eigenvalue weighted by Crippen LogP contribution is 2.44. The number of rotatable bonds is 6. The minimum Gasteiger partial charge on any atom is -0.493 e. The third kappa shape index (κ3) is 3.94. The SMILES string of the molecule is COc1cc(Br)c(C(c2ccc3c(c2)OCO3)N2CCCC(C(=O)O)C2)cc1OC. The van der Waals surface area contributed by atoms with Gasteiger partial charge < -0.3 is 24.1 Å². The van der Waals surface area contributed by atoms with Gasteiger partial charge in [-0.05, 0) is 54.8 Å². The topological polar surface area (TPSA) is 77.5 Å². The van der Waals surface area contributed by atoms with E-state index in [0.29, 0.717) is 36.0 Å². The molecule has 1 saturated heterocycles. The number of hydrogen-bond donors (Lipinski definition) is 1. The van der Waals surface area contributed by atoms with E-state index in [4.69, 9.17) is 18.9 Å². The van der Waals surface area contributed by atoms with Crippen LogP contribution in [0.2, 0.25) is 0 Å². The molecule has 8 heteroatoms. The van der Waals surface area contributed by atoms with Gasteiger partial charge in [0.1, 0.15) is 0 Å². The van der Waals surface area contributed by atoms with E-state index in [2.05, 4.69) is 20.8 Å². The summed E-state index contributed by atoms with van der Waals surface area (Å²) in [5.74, 6) is 1.50. The first-order valence-corrected chi connectivity index (χ1v) is 10.6. The molecule has 30 heavy (non-hydrogen) atoms. The molecular formula is C22H24BrNO6. The molecule has 0 bridgehead atoms. The van der Waals surface area contributed by atoms with Crippen LogP contribution < -0.4 is 18.9 Å². The Morgan fingerprint density at radius 1 is 1.17 bits per heavy atom. The number of nitrogens with zero attached hydrogens (tertiary/aromatic N) is 1. The number of carboxylic acids is 1. The number of methoxy groups -OCH3 is 2. The molecule has 2 aromatic carbocycles. The van der Waals surface area contributed by atoms with E-state index < -0.39 is 11.9 Å². The Balaban J connectivity index is 1.81. The first kappa shape index (κ1) is 20.8. The smallest absolute Gasteiger partial charge is 0.307 e. The Hall–Kier alpha value is -2.45. The molecule has 0 spiro atoms. The molecule has 1 fully saturated rings. The molecule has 0 radical (unpaired) electrons.